The predicted molar refractivity (Wildman–Crippen MR) is 64.2 cm³/mol. The molecule has 1 heterocycles. The molecule has 0 spiro atoms. The van der Waals surface area contributed by atoms with Crippen LogP contribution in [0.25, 0.3) is 11.6 Å². The van der Waals surface area contributed by atoms with E-state index in [0.717, 1.165) is 16.0 Å². The average Bonchev–Trinajstić information content (AvgIpc) is 2.81. The number of hydrogen-bond donors (Lipinski definition) is 0. The van der Waals surface area contributed by atoms with Crippen molar-refractivity contribution < 1.29 is 0 Å². The van der Waals surface area contributed by atoms with Crippen molar-refractivity contribution in [3.63, 3.8) is 0 Å². The van der Waals surface area contributed by atoms with Gasteiger partial charge in [-0.05, 0) is 23.1 Å². The Hall–Kier alpha value is -1.85. The minimum atomic E-state index is 0.719. The lowest BCUT2D eigenvalue weighted by Gasteiger charge is -1.94. The highest BCUT2D eigenvalue weighted by atomic mass is 32.1. The van der Waals surface area contributed by atoms with Gasteiger partial charge in [0.2, 0.25) is 0 Å². The van der Waals surface area contributed by atoms with E-state index >= 15 is 0 Å². The maximum atomic E-state index is 9.05. The SMILES string of the molecule is N#CC(=Cc1ccccc1)c1cccs1. The number of benzene rings is 1. The highest BCUT2D eigenvalue weighted by molar-refractivity contribution is 7.11. The molecule has 2 heteroatoms. The third kappa shape index (κ3) is 2.34. The Balaban J connectivity index is 2.37. The van der Waals surface area contributed by atoms with Crippen LogP contribution in [0.3, 0.4) is 0 Å². The molecule has 0 N–H and O–H groups in total. The zero-order valence-electron chi connectivity index (χ0n) is 8.05. The fourth-order valence-corrected chi connectivity index (χ4v) is 2.00. The Bertz CT molecular complexity index is 489. The smallest absolute Gasteiger partial charge is 0.101 e. The van der Waals surface area contributed by atoms with Crippen LogP contribution in [0.2, 0.25) is 0 Å². The van der Waals surface area contributed by atoms with Crippen LogP contribution < -0.4 is 0 Å². The second-order valence-electron chi connectivity index (χ2n) is 3.06. The molecule has 0 aliphatic carbocycles. The highest BCUT2D eigenvalue weighted by Gasteiger charge is 2.00. The molecule has 1 nitrogen and oxygen atoms in total. The van der Waals surface area contributed by atoms with Crippen LogP contribution in [0.5, 0.6) is 0 Å². The summed E-state index contributed by atoms with van der Waals surface area (Å²) < 4.78 is 0. The molecule has 0 amide bonds. The van der Waals surface area contributed by atoms with Gasteiger partial charge in [0.25, 0.3) is 0 Å². The Morgan fingerprint density at radius 1 is 1.13 bits per heavy atom. The number of allylic oxidation sites excluding steroid dienone is 1. The van der Waals surface area contributed by atoms with Gasteiger partial charge in [0.1, 0.15) is 6.07 Å². The molecular formula is C13H9NS. The summed E-state index contributed by atoms with van der Waals surface area (Å²) in [6, 6.07) is 16.0. The molecule has 0 radical (unpaired) electrons. The zero-order chi connectivity index (χ0) is 10.5. The van der Waals surface area contributed by atoms with E-state index in [1.54, 1.807) is 11.3 Å². The molecule has 0 bridgehead atoms. The lowest BCUT2D eigenvalue weighted by atomic mass is 10.1. The summed E-state index contributed by atoms with van der Waals surface area (Å²) in [6.45, 7) is 0. The largest absolute Gasteiger partial charge is 0.192 e. The summed E-state index contributed by atoms with van der Waals surface area (Å²) in [5.74, 6) is 0. The summed E-state index contributed by atoms with van der Waals surface area (Å²) in [6.07, 6.45) is 1.91. The van der Waals surface area contributed by atoms with Crippen LogP contribution in [0.1, 0.15) is 10.4 Å². The quantitative estimate of drug-likeness (QED) is 0.693. The van der Waals surface area contributed by atoms with Crippen LogP contribution in [0.4, 0.5) is 0 Å². The Morgan fingerprint density at radius 3 is 2.53 bits per heavy atom. The number of rotatable bonds is 2. The summed E-state index contributed by atoms with van der Waals surface area (Å²) >= 11 is 1.58. The minimum Gasteiger partial charge on any atom is -0.192 e. The summed E-state index contributed by atoms with van der Waals surface area (Å²) in [7, 11) is 0. The van der Waals surface area contributed by atoms with E-state index in [0.29, 0.717) is 0 Å². The maximum absolute atomic E-state index is 9.05. The van der Waals surface area contributed by atoms with E-state index in [1.165, 1.54) is 0 Å². The second kappa shape index (κ2) is 4.59. The first-order chi connectivity index (χ1) is 7.40. The van der Waals surface area contributed by atoms with Gasteiger partial charge < -0.3 is 0 Å². The van der Waals surface area contributed by atoms with E-state index in [-0.39, 0.29) is 0 Å². The van der Waals surface area contributed by atoms with E-state index < -0.39 is 0 Å². The third-order valence-electron chi connectivity index (χ3n) is 2.02. The van der Waals surface area contributed by atoms with Crippen LogP contribution in [0.15, 0.2) is 47.8 Å². The van der Waals surface area contributed by atoms with E-state index in [4.69, 9.17) is 5.26 Å². The molecule has 2 rings (SSSR count). The van der Waals surface area contributed by atoms with Gasteiger partial charge in [0.15, 0.2) is 0 Å². The van der Waals surface area contributed by atoms with Gasteiger partial charge in [-0.3, -0.25) is 0 Å². The van der Waals surface area contributed by atoms with Crippen molar-refractivity contribution in [1.29, 1.82) is 5.26 Å². The molecule has 1 aromatic carbocycles. The van der Waals surface area contributed by atoms with Crippen LogP contribution >= 0.6 is 11.3 Å². The summed E-state index contributed by atoms with van der Waals surface area (Å²) in [5.41, 5.74) is 1.78. The van der Waals surface area contributed by atoms with Crippen molar-refractivity contribution in [2.75, 3.05) is 0 Å². The molecule has 1 aromatic heterocycles. The molecule has 0 saturated heterocycles. The fourth-order valence-electron chi connectivity index (χ4n) is 1.31. The standard InChI is InChI=1S/C13H9NS/c14-10-12(13-7-4-8-15-13)9-11-5-2-1-3-6-11/h1-9H. The van der Waals surface area contributed by atoms with Gasteiger partial charge >= 0.3 is 0 Å². The predicted octanol–water partition coefficient (Wildman–Crippen LogP) is 3.81. The number of nitrogens with zero attached hydrogens (tertiary/aromatic N) is 1. The lowest BCUT2D eigenvalue weighted by Crippen LogP contribution is -1.76. The van der Waals surface area contributed by atoms with Crippen LogP contribution in [-0.4, -0.2) is 0 Å². The number of nitriles is 1. The topological polar surface area (TPSA) is 23.8 Å². The molecule has 15 heavy (non-hydrogen) atoms. The van der Waals surface area contributed by atoms with E-state index in [9.17, 15) is 0 Å². The van der Waals surface area contributed by atoms with Gasteiger partial charge in [0, 0.05) is 4.88 Å². The van der Waals surface area contributed by atoms with E-state index in [2.05, 4.69) is 6.07 Å². The van der Waals surface area contributed by atoms with Crippen molar-refractivity contribution in [2.24, 2.45) is 0 Å². The first-order valence-electron chi connectivity index (χ1n) is 4.61. The second-order valence-corrected chi connectivity index (χ2v) is 4.01. The summed E-state index contributed by atoms with van der Waals surface area (Å²) in [4.78, 5) is 1.02. The first-order valence-corrected chi connectivity index (χ1v) is 5.49. The highest BCUT2D eigenvalue weighted by Crippen LogP contribution is 2.21. The number of hydrogen-bond acceptors (Lipinski definition) is 2. The fraction of sp³-hybridized carbons (Fsp3) is 0. The van der Waals surface area contributed by atoms with E-state index in [1.807, 2.05) is 53.9 Å². The minimum absolute atomic E-state index is 0.719. The molecular weight excluding hydrogens is 202 g/mol. The van der Waals surface area contributed by atoms with Crippen molar-refractivity contribution in [1.82, 2.24) is 0 Å². The average molecular weight is 211 g/mol. The normalized spacial score (nSPS) is 11.0. The van der Waals surface area contributed by atoms with Crippen molar-refractivity contribution in [3.8, 4) is 6.07 Å². The zero-order valence-corrected chi connectivity index (χ0v) is 8.87. The lowest BCUT2D eigenvalue weighted by molar-refractivity contribution is 1.54. The molecule has 72 valence electrons. The monoisotopic (exact) mass is 211 g/mol. The summed E-state index contributed by atoms with van der Waals surface area (Å²) in [5, 5.41) is 11.0. The van der Waals surface area contributed by atoms with Gasteiger partial charge in [-0.2, -0.15) is 5.26 Å². The molecule has 0 saturated carbocycles. The number of thiophene rings is 1. The molecule has 0 fully saturated rings. The van der Waals surface area contributed by atoms with Gasteiger partial charge in [0.05, 0.1) is 5.57 Å². The first kappa shape index (κ1) is 9.70. The molecule has 0 atom stereocenters. The Kier molecular flexibility index (Phi) is 2.96. The molecule has 0 unspecified atom stereocenters. The molecule has 0 aliphatic heterocycles. The van der Waals surface area contributed by atoms with Crippen LogP contribution in [-0.2, 0) is 0 Å². The molecule has 0 aliphatic rings. The van der Waals surface area contributed by atoms with Crippen molar-refractivity contribution in [3.05, 3.63) is 58.3 Å². The maximum Gasteiger partial charge on any atom is 0.101 e. The Labute approximate surface area is 92.9 Å². The van der Waals surface area contributed by atoms with Gasteiger partial charge in [-0.25, -0.2) is 0 Å². The Morgan fingerprint density at radius 2 is 1.93 bits per heavy atom. The van der Waals surface area contributed by atoms with Gasteiger partial charge in [-0.15, -0.1) is 11.3 Å². The molecule has 2 aromatic rings. The van der Waals surface area contributed by atoms with Crippen molar-refractivity contribution >= 4 is 23.0 Å². The van der Waals surface area contributed by atoms with Gasteiger partial charge in [-0.1, -0.05) is 36.4 Å². The van der Waals surface area contributed by atoms with Crippen LogP contribution in [0, 0.1) is 11.3 Å². The third-order valence-corrected chi connectivity index (χ3v) is 2.92. The van der Waals surface area contributed by atoms with Crippen molar-refractivity contribution in [2.45, 2.75) is 0 Å².